The van der Waals surface area contributed by atoms with Crippen LogP contribution in [0.1, 0.15) is 0 Å². The van der Waals surface area contributed by atoms with Crippen molar-refractivity contribution in [2.75, 3.05) is 6.26 Å². The SMILES string of the molecule is CSP(O)(=S)OP(=O)(O)O. The molecule has 0 saturated carbocycles. The molecule has 0 heterocycles. The van der Waals surface area contributed by atoms with Gasteiger partial charge in [-0.05, 0) is 18.1 Å². The maximum absolute atomic E-state index is 10.1. The van der Waals surface area contributed by atoms with Gasteiger partial charge < -0.3 is 14.7 Å². The summed E-state index contributed by atoms with van der Waals surface area (Å²) in [5.74, 6) is 0. The molecule has 0 aliphatic heterocycles. The van der Waals surface area contributed by atoms with Crippen molar-refractivity contribution < 1.29 is 23.6 Å². The molecule has 10 heavy (non-hydrogen) atoms. The largest absolute Gasteiger partial charge is 0.475 e. The lowest BCUT2D eigenvalue weighted by molar-refractivity contribution is 0.285. The zero-order valence-corrected chi connectivity index (χ0v) is 8.29. The molecule has 3 N–H and O–H groups in total. The zero-order valence-electron chi connectivity index (χ0n) is 4.87. The average Bonchev–Trinajstić information content (AvgIpc) is 1.60. The maximum Gasteiger partial charge on any atom is 0.475 e. The van der Waals surface area contributed by atoms with E-state index < -0.39 is 13.5 Å². The summed E-state index contributed by atoms with van der Waals surface area (Å²) < 4.78 is 14.0. The van der Waals surface area contributed by atoms with E-state index in [1.807, 2.05) is 0 Å². The van der Waals surface area contributed by atoms with Crippen LogP contribution in [0.2, 0.25) is 0 Å². The Morgan fingerprint density at radius 3 is 2.00 bits per heavy atom. The van der Waals surface area contributed by atoms with Gasteiger partial charge >= 0.3 is 7.82 Å². The highest BCUT2D eigenvalue weighted by Gasteiger charge is 2.25. The van der Waals surface area contributed by atoms with E-state index in [1.54, 1.807) is 0 Å². The van der Waals surface area contributed by atoms with Crippen LogP contribution in [0.25, 0.3) is 0 Å². The van der Waals surface area contributed by atoms with Gasteiger partial charge in [0.05, 0.1) is 0 Å². The van der Waals surface area contributed by atoms with E-state index in [9.17, 15) is 4.57 Å². The van der Waals surface area contributed by atoms with E-state index in [2.05, 4.69) is 16.1 Å². The molecule has 9 heteroatoms. The summed E-state index contributed by atoms with van der Waals surface area (Å²) in [6.07, 6.45) is 1.41. The van der Waals surface area contributed by atoms with E-state index in [0.717, 1.165) is 11.4 Å². The molecule has 0 bridgehead atoms. The third kappa shape index (κ3) is 5.82. The standard InChI is InChI=1S/CH6O5P2S2/c1-10-8(5,9)6-7(2,3)4/h1H3,(H,5,9)(H2,2,3,4). The van der Waals surface area contributed by atoms with Crippen molar-refractivity contribution in [3.8, 4) is 0 Å². The summed E-state index contributed by atoms with van der Waals surface area (Å²) in [5, 5.41) is 0. The van der Waals surface area contributed by atoms with Crippen LogP contribution in [0.15, 0.2) is 0 Å². The van der Waals surface area contributed by atoms with Crippen molar-refractivity contribution in [1.82, 2.24) is 0 Å². The highest BCUT2D eigenvalue weighted by Crippen LogP contribution is 2.64. The summed E-state index contributed by atoms with van der Waals surface area (Å²) in [6, 6.07) is 0. The summed E-state index contributed by atoms with van der Waals surface area (Å²) in [4.78, 5) is 25.2. The monoisotopic (exact) mass is 224 g/mol. The summed E-state index contributed by atoms with van der Waals surface area (Å²) in [5.41, 5.74) is -3.31. The number of hydrogen-bond donors (Lipinski definition) is 3. The van der Waals surface area contributed by atoms with E-state index in [4.69, 9.17) is 14.7 Å². The molecular formula is CH6O5P2S2. The summed E-state index contributed by atoms with van der Waals surface area (Å²) in [7, 11) is -4.63. The van der Waals surface area contributed by atoms with Crippen molar-refractivity contribution in [1.29, 1.82) is 0 Å². The number of rotatable bonds is 3. The highest BCUT2D eigenvalue weighted by molar-refractivity contribution is 8.67. The van der Waals surface area contributed by atoms with Gasteiger partial charge in [0, 0.05) is 0 Å². The second-order valence-corrected chi connectivity index (χ2v) is 8.92. The van der Waals surface area contributed by atoms with Gasteiger partial charge in [0.15, 0.2) is 0 Å². The second kappa shape index (κ2) is 3.65. The number of phosphoric acid groups is 1. The molecule has 0 aromatic rings. The predicted molar refractivity (Wildman–Crippen MR) is 43.1 cm³/mol. The van der Waals surface area contributed by atoms with Crippen LogP contribution in [0, 0.1) is 0 Å². The van der Waals surface area contributed by atoms with Crippen LogP contribution in [0.3, 0.4) is 0 Å². The van der Waals surface area contributed by atoms with Crippen LogP contribution in [0.4, 0.5) is 0 Å². The zero-order chi connectivity index (χ0) is 8.41. The van der Waals surface area contributed by atoms with Crippen molar-refractivity contribution in [3.05, 3.63) is 0 Å². The smallest absolute Gasteiger partial charge is 0.337 e. The fraction of sp³-hybridized carbons (Fsp3) is 1.00. The van der Waals surface area contributed by atoms with E-state index >= 15 is 0 Å². The van der Waals surface area contributed by atoms with Gasteiger partial charge in [0.1, 0.15) is 0 Å². The van der Waals surface area contributed by atoms with Crippen LogP contribution in [-0.2, 0) is 20.7 Å². The van der Waals surface area contributed by atoms with E-state index in [1.165, 1.54) is 6.26 Å². The van der Waals surface area contributed by atoms with Gasteiger partial charge in [0.25, 0.3) is 5.69 Å². The van der Waals surface area contributed by atoms with Gasteiger partial charge in [0.2, 0.25) is 0 Å². The molecule has 0 spiro atoms. The topological polar surface area (TPSA) is 87.0 Å². The molecule has 0 aromatic carbocycles. The van der Waals surface area contributed by atoms with Crippen LogP contribution < -0.4 is 0 Å². The summed E-state index contributed by atoms with van der Waals surface area (Å²) >= 11 is 5.03. The van der Waals surface area contributed by atoms with Crippen LogP contribution in [0.5, 0.6) is 0 Å². The maximum atomic E-state index is 10.1. The molecule has 0 rings (SSSR count). The third-order valence-electron chi connectivity index (χ3n) is 0.440. The molecule has 1 atom stereocenters. The normalized spacial score (nSPS) is 18.4. The fourth-order valence-electron chi connectivity index (χ4n) is 0.168. The first-order valence-electron chi connectivity index (χ1n) is 1.92. The third-order valence-corrected chi connectivity index (χ3v) is 6.50. The van der Waals surface area contributed by atoms with E-state index in [0.29, 0.717) is 0 Å². The van der Waals surface area contributed by atoms with Crippen molar-refractivity contribution >= 4 is 36.7 Å². The van der Waals surface area contributed by atoms with Crippen molar-refractivity contribution in [3.63, 3.8) is 0 Å². The van der Waals surface area contributed by atoms with Gasteiger partial charge in [-0.1, -0.05) is 11.4 Å². The van der Waals surface area contributed by atoms with E-state index in [-0.39, 0.29) is 0 Å². The average molecular weight is 224 g/mol. The lowest BCUT2D eigenvalue weighted by Gasteiger charge is -2.11. The molecular weight excluding hydrogens is 218 g/mol. The Morgan fingerprint density at radius 2 is 1.90 bits per heavy atom. The second-order valence-electron chi connectivity index (χ2n) is 1.22. The number of hydrogen-bond acceptors (Lipinski definition) is 4. The quantitative estimate of drug-likeness (QED) is 0.607. The van der Waals surface area contributed by atoms with Crippen LogP contribution >= 0.6 is 24.9 Å². The van der Waals surface area contributed by atoms with Gasteiger partial charge in [-0.3, -0.25) is 0 Å². The molecule has 0 saturated heterocycles. The minimum absolute atomic E-state index is 0.721. The molecule has 62 valence electrons. The van der Waals surface area contributed by atoms with Crippen molar-refractivity contribution in [2.24, 2.45) is 0 Å². The predicted octanol–water partition coefficient (Wildman–Crippen LogP) is 0.675. The van der Waals surface area contributed by atoms with Gasteiger partial charge in [-0.25, -0.2) is 8.88 Å². The molecule has 0 aromatic heterocycles. The van der Waals surface area contributed by atoms with Gasteiger partial charge in [-0.15, -0.1) is 0 Å². The molecule has 0 fully saturated rings. The Kier molecular flexibility index (Phi) is 4.04. The Bertz CT molecular complexity index is 196. The minimum Gasteiger partial charge on any atom is -0.337 e. The summed E-state index contributed by atoms with van der Waals surface area (Å²) in [6.45, 7) is 0. The molecule has 0 amide bonds. The molecule has 0 aliphatic carbocycles. The first-order valence-corrected chi connectivity index (χ1v) is 7.95. The Morgan fingerprint density at radius 1 is 1.50 bits per heavy atom. The minimum atomic E-state index is -4.63. The highest BCUT2D eigenvalue weighted by atomic mass is 32.9. The Balaban J connectivity index is 4.17. The Hall–Kier alpha value is 1.07. The lowest BCUT2D eigenvalue weighted by atomic mass is 12.0. The fourth-order valence-corrected chi connectivity index (χ4v) is 3.67. The van der Waals surface area contributed by atoms with Crippen LogP contribution in [-0.4, -0.2) is 20.9 Å². The first kappa shape index (κ1) is 11.1. The molecule has 5 nitrogen and oxygen atoms in total. The Labute approximate surface area is 67.0 Å². The molecule has 0 aliphatic rings. The molecule has 1 unspecified atom stereocenters. The van der Waals surface area contributed by atoms with Crippen molar-refractivity contribution in [2.45, 2.75) is 0 Å². The lowest BCUT2D eigenvalue weighted by Crippen LogP contribution is -1.82. The van der Waals surface area contributed by atoms with Gasteiger partial charge in [-0.2, -0.15) is 0 Å². The molecule has 0 radical (unpaired) electrons. The first-order chi connectivity index (χ1) is 4.27.